The van der Waals surface area contributed by atoms with Crippen LogP contribution in [0.4, 0.5) is 16.3 Å². The summed E-state index contributed by atoms with van der Waals surface area (Å²) in [4.78, 5) is 32.1. The zero-order valence-corrected chi connectivity index (χ0v) is 20.2. The highest BCUT2D eigenvalue weighted by Crippen LogP contribution is 2.35. The predicted molar refractivity (Wildman–Crippen MR) is 135 cm³/mol. The standard InChI is InChI=1S/C25H27BN2O3S/c1-15-9-21(26)23(27-13-15)28(24(30)31-25(3,4)5)22-12-18(10-19(14-29)16(22)2)17-7-6-8-20(32)11-17/h6-14,32H,26H2,1-5H3. The predicted octanol–water partition coefficient (Wildman–Crippen LogP) is 4.80. The normalized spacial score (nSPS) is 11.2. The van der Waals surface area contributed by atoms with Crippen molar-refractivity contribution >= 4 is 49.8 Å². The Morgan fingerprint density at radius 3 is 2.44 bits per heavy atom. The Hall–Kier alpha value is -3.06. The number of pyridine rings is 1. The van der Waals surface area contributed by atoms with E-state index in [2.05, 4.69) is 17.6 Å². The summed E-state index contributed by atoms with van der Waals surface area (Å²) in [6.07, 6.45) is 1.96. The maximum absolute atomic E-state index is 13.4. The molecule has 32 heavy (non-hydrogen) atoms. The summed E-state index contributed by atoms with van der Waals surface area (Å²) >= 11 is 4.44. The Morgan fingerprint density at radius 2 is 1.84 bits per heavy atom. The summed E-state index contributed by atoms with van der Waals surface area (Å²) in [5.74, 6) is 0.463. The number of amides is 1. The molecule has 7 heteroatoms. The number of hydrogen-bond donors (Lipinski definition) is 1. The fraction of sp³-hybridized carbons (Fsp3) is 0.240. The van der Waals surface area contributed by atoms with E-state index < -0.39 is 11.7 Å². The first-order valence-corrected chi connectivity index (χ1v) is 10.8. The lowest BCUT2D eigenvalue weighted by molar-refractivity contribution is 0.0598. The monoisotopic (exact) mass is 446 g/mol. The van der Waals surface area contributed by atoms with Crippen LogP contribution in [0, 0.1) is 13.8 Å². The van der Waals surface area contributed by atoms with E-state index in [0.717, 1.165) is 33.3 Å². The minimum Gasteiger partial charge on any atom is -0.443 e. The fourth-order valence-electron chi connectivity index (χ4n) is 3.48. The molecule has 0 aliphatic carbocycles. The number of benzene rings is 2. The van der Waals surface area contributed by atoms with E-state index in [1.54, 1.807) is 6.20 Å². The topological polar surface area (TPSA) is 59.5 Å². The molecule has 1 amide bonds. The number of aromatic nitrogens is 1. The van der Waals surface area contributed by atoms with Crippen molar-refractivity contribution in [3.8, 4) is 11.1 Å². The molecule has 0 saturated heterocycles. The van der Waals surface area contributed by atoms with E-state index in [0.29, 0.717) is 22.6 Å². The van der Waals surface area contributed by atoms with Crippen LogP contribution in [0.3, 0.4) is 0 Å². The lowest BCUT2D eigenvalue weighted by Gasteiger charge is -2.29. The number of hydrogen-bond acceptors (Lipinski definition) is 5. The molecule has 0 N–H and O–H groups in total. The van der Waals surface area contributed by atoms with Crippen LogP contribution in [0.15, 0.2) is 53.6 Å². The van der Waals surface area contributed by atoms with Gasteiger partial charge in [0.2, 0.25) is 0 Å². The average Bonchev–Trinajstić information content (AvgIpc) is 2.69. The second-order valence-electron chi connectivity index (χ2n) is 8.85. The zero-order valence-electron chi connectivity index (χ0n) is 19.3. The number of carbonyl (C=O) groups is 2. The lowest BCUT2D eigenvalue weighted by Crippen LogP contribution is -2.37. The van der Waals surface area contributed by atoms with Crippen LogP contribution < -0.4 is 10.4 Å². The first-order chi connectivity index (χ1) is 15.0. The van der Waals surface area contributed by atoms with Gasteiger partial charge in [-0.2, -0.15) is 0 Å². The summed E-state index contributed by atoms with van der Waals surface area (Å²) < 4.78 is 5.73. The quantitative estimate of drug-likeness (QED) is 0.356. The molecule has 0 saturated carbocycles. The van der Waals surface area contributed by atoms with Gasteiger partial charge in [-0.3, -0.25) is 4.79 Å². The second-order valence-corrected chi connectivity index (χ2v) is 9.36. The van der Waals surface area contributed by atoms with Crippen LogP contribution >= 0.6 is 12.6 Å². The Morgan fingerprint density at radius 1 is 1.12 bits per heavy atom. The smallest absolute Gasteiger partial charge is 0.420 e. The van der Waals surface area contributed by atoms with E-state index in [4.69, 9.17) is 4.74 Å². The first-order valence-electron chi connectivity index (χ1n) is 10.4. The maximum atomic E-state index is 13.4. The van der Waals surface area contributed by atoms with Gasteiger partial charge in [0, 0.05) is 16.7 Å². The fourth-order valence-corrected chi connectivity index (χ4v) is 3.70. The Balaban J connectivity index is 2.28. The molecule has 0 aliphatic rings. The molecule has 0 radical (unpaired) electrons. The van der Waals surface area contributed by atoms with Gasteiger partial charge in [-0.15, -0.1) is 12.6 Å². The van der Waals surface area contributed by atoms with Gasteiger partial charge in [0.1, 0.15) is 25.6 Å². The molecule has 164 valence electrons. The van der Waals surface area contributed by atoms with Crippen molar-refractivity contribution in [3.63, 3.8) is 0 Å². The van der Waals surface area contributed by atoms with Crippen LogP contribution in [0.5, 0.6) is 0 Å². The summed E-state index contributed by atoms with van der Waals surface area (Å²) in [5.41, 5.74) is 4.49. The number of aryl methyl sites for hydroxylation is 1. The van der Waals surface area contributed by atoms with Crippen molar-refractivity contribution in [3.05, 3.63) is 65.4 Å². The third-order valence-corrected chi connectivity index (χ3v) is 5.22. The van der Waals surface area contributed by atoms with Crippen molar-refractivity contribution in [2.75, 3.05) is 4.90 Å². The van der Waals surface area contributed by atoms with Crippen molar-refractivity contribution in [2.45, 2.75) is 45.1 Å². The lowest BCUT2D eigenvalue weighted by atomic mass is 9.94. The molecular formula is C25H27BN2O3S. The molecule has 0 bridgehead atoms. The molecule has 0 fully saturated rings. The summed E-state index contributed by atoms with van der Waals surface area (Å²) in [6, 6.07) is 13.3. The molecule has 3 aromatic rings. The third-order valence-electron chi connectivity index (χ3n) is 4.94. The van der Waals surface area contributed by atoms with Gasteiger partial charge >= 0.3 is 6.09 Å². The summed E-state index contributed by atoms with van der Waals surface area (Å²) in [6.45, 7) is 9.21. The van der Waals surface area contributed by atoms with Gasteiger partial charge in [-0.25, -0.2) is 14.7 Å². The largest absolute Gasteiger partial charge is 0.443 e. The maximum Gasteiger partial charge on any atom is 0.420 e. The summed E-state index contributed by atoms with van der Waals surface area (Å²) in [7, 11) is 1.90. The third kappa shape index (κ3) is 5.22. The molecule has 1 heterocycles. The van der Waals surface area contributed by atoms with Crippen LogP contribution in [0.25, 0.3) is 11.1 Å². The molecule has 2 aromatic carbocycles. The van der Waals surface area contributed by atoms with Crippen LogP contribution in [-0.4, -0.2) is 30.8 Å². The number of nitrogens with zero attached hydrogens (tertiary/aromatic N) is 2. The highest BCUT2D eigenvalue weighted by Gasteiger charge is 2.29. The van der Waals surface area contributed by atoms with Crippen LogP contribution in [-0.2, 0) is 4.74 Å². The zero-order chi connectivity index (χ0) is 23.6. The molecule has 1 aromatic heterocycles. The molecule has 0 atom stereocenters. The number of anilines is 2. The van der Waals surface area contributed by atoms with E-state index in [1.165, 1.54) is 4.90 Å². The first kappa shape index (κ1) is 23.6. The molecular weight excluding hydrogens is 419 g/mol. The highest BCUT2D eigenvalue weighted by atomic mass is 32.1. The minimum atomic E-state index is -0.701. The van der Waals surface area contributed by atoms with E-state index >= 15 is 0 Å². The molecule has 0 spiro atoms. The van der Waals surface area contributed by atoms with Gasteiger partial charge in [0.05, 0.1) is 5.69 Å². The van der Waals surface area contributed by atoms with E-state index in [-0.39, 0.29) is 0 Å². The van der Waals surface area contributed by atoms with Crippen molar-refractivity contribution in [1.29, 1.82) is 0 Å². The van der Waals surface area contributed by atoms with Gasteiger partial charge in [-0.05, 0) is 86.6 Å². The van der Waals surface area contributed by atoms with Gasteiger partial charge in [0.15, 0.2) is 0 Å². The minimum absolute atomic E-state index is 0.463. The number of ether oxygens (including phenoxy) is 1. The molecule has 5 nitrogen and oxygen atoms in total. The average molecular weight is 446 g/mol. The van der Waals surface area contributed by atoms with Gasteiger partial charge in [0.25, 0.3) is 0 Å². The van der Waals surface area contributed by atoms with Crippen molar-refractivity contribution in [1.82, 2.24) is 4.98 Å². The second kappa shape index (κ2) is 9.21. The van der Waals surface area contributed by atoms with Crippen LogP contribution in [0.2, 0.25) is 0 Å². The number of carbonyl (C=O) groups excluding carboxylic acids is 2. The van der Waals surface area contributed by atoms with Crippen molar-refractivity contribution < 1.29 is 14.3 Å². The summed E-state index contributed by atoms with van der Waals surface area (Å²) in [5, 5.41) is 0. The van der Waals surface area contributed by atoms with Crippen molar-refractivity contribution in [2.24, 2.45) is 0 Å². The molecule has 0 aliphatic heterocycles. The molecule has 0 unspecified atom stereocenters. The van der Waals surface area contributed by atoms with Crippen LogP contribution in [0.1, 0.15) is 42.3 Å². The van der Waals surface area contributed by atoms with Gasteiger partial charge in [-0.1, -0.05) is 18.2 Å². The SMILES string of the molecule is Bc1cc(C)cnc1N(C(=O)OC(C)(C)C)c1cc(-c2cccc(S)c2)cc(C=O)c1C. The highest BCUT2D eigenvalue weighted by molar-refractivity contribution is 7.80. The Labute approximate surface area is 195 Å². The van der Waals surface area contributed by atoms with E-state index in [9.17, 15) is 9.59 Å². The number of thiol groups is 1. The van der Waals surface area contributed by atoms with Gasteiger partial charge < -0.3 is 4.74 Å². The number of rotatable bonds is 4. The number of aldehydes is 1. The van der Waals surface area contributed by atoms with E-state index in [1.807, 2.05) is 84.9 Å². The Bertz CT molecular complexity index is 1190. The Kier molecular flexibility index (Phi) is 6.79. The molecule has 3 rings (SSSR count).